The van der Waals surface area contributed by atoms with Crippen molar-refractivity contribution < 1.29 is 27.5 Å². The molecule has 2 N–H and O–H groups in total. The van der Waals surface area contributed by atoms with E-state index in [1.165, 1.54) is 23.1 Å². The Morgan fingerprint density at radius 2 is 1.94 bits per heavy atom. The summed E-state index contributed by atoms with van der Waals surface area (Å²) in [5.41, 5.74) is -0.783. The van der Waals surface area contributed by atoms with E-state index >= 15 is 0 Å². The Morgan fingerprint density at radius 3 is 2.63 bits per heavy atom. The van der Waals surface area contributed by atoms with Gasteiger partial charge >= 0.3 is 6.18 Å². The summed E-state index contributed by atoms with van der Waals surface area (Å²) in [7, 11) is 0. The fourth-order valence-corrected chi connectivity index (χ4v) is 7.14. The lowest BCUT2D eigenvalue weighted by molar-refractivity contribution is -0.190. The number of hydrogen-bond acceptors (Lipinski definition) is 10. The zero-order valence-electron chi connectivity index (χ0n) is 27.9. The van der Waals surface area contributed by atoms with Gasteiger partial charge in [-0.1, -0.05) is 17.7 Å². The average molecular weight is 744 g/mol. The molecule has 2 atom stereocenters. The summed E-state index contributed by atoms with van der Waals surface area (Å²) >= 11 is 7.40. The molecule has 2 aliphatic rings. The number of ether oxygens (including phenoxy) is 1. The zero-order chi connectivity index (χ0) is 36.2. The highest BCUT2D eigenvalue weighted by atomic mass is 35.5. The lowest BCUT2D eigenvalue weighted by atomic mass is 9.91. The SMILES string of the molecule is CC1(C)CC(CCC(Nc2cccc(SNC(=O)c3ccc(-n4ccc(OCCC5(C(F)(F)F)CC5)n4)nc3Cl)n2)c2cncnc2)CN1C=O. The van der Waals surface area contributed by atoms with Crippen molar-refractivity contribution in [2.75, 3.05) is 18.5 Å². The van der Waals surface area contributed by atoms with E-state index in [0.717, 1.165) is 49.7 Å². The van der Waals surface area contributed by atoms with Crippen molar-refractivity contribution in [3.05, 3.63) is 77.6 Å². The van der Waals surface area contributed by atoms with Crippen LogP contribution in [0.15, 0.2) is 66.3 Å². The molecule has 6 rings (SSSR count). The number of rotatable bonds is 15. The maximum absolute atomic E-state index is 13.2. The van der Waals surface area contributed by atoms with Gasteiger partial charge in [0.2, 0.25) is 12.3 Å². The number of hydrogen-bond donors (Lipinski definition) is 2. The van der Waals surface area contributed by atoms with E-state index in [2.05, 4.69) is 48.9 Å². The number of carbonyl (C=O) groups excluding carboxylic acids is 2. The monoisotopic (exact) mass is 743 g/mol. The van der Waals surface area contributed by atoms with Gasteiger partial charge in [0.25, 0.3) is 5.91 Å². The maximum Gasteiger partial charge on any atom is 0.394 e. The number of alkyl halides is 3. The molecule has 4 aromatic rings. The summed E-state index contributed by atoms with van der Waals surface area (Å²) in [6.07, 6.45) is 5.95. The molecule has 0 bridgehead atoms. The second kappa shape index (κ2) is 15.0. The Kier molecular flexibility index (Phi) is 10.7. The second-order valence-corrected chi connectivity index (χ2v) is 14.6. The molecule has 0 spiro atoms. The van der Waals surface area contributed by atoms with Gasteiger partial charge < -0.3 is 15.0 Å². The third kappa shape index (κ3) is 8.72. The molecule has 5 heterocycles. The molecule has 270 valence electrons. The maximum atomic E-state index is 13.2. The quantitative estimate of drug-likeness (QED) is 0.0756. The molecular formula is C34H37ClF3N9O3S. The van der Waals surface area contributed by atoms with Crippen LogP contribution in [0.5, 0.6) is 5.88 Å². The van der Waals surface area contributed by atoms with E-state index in [1.807, 2.05) is 17.0 Å². The molecule has 4 aromatic heterocycles. The molecular weight excluding hydrogens is 707 g/mol. The van der Waals surface area contributed by atoms with Gasteiger partial charge in [-0.05, 0) is 82.6 Å². The summed E-state index contributed by atoms with van der Waals surface area (Å²) in [4.78, 5) is 43.8. The molecule has 17 heteroatoms. The van der Waals surface area contributed by atoms with Crippen LogP contribution in [-0.2, 0) is 4.79 Å². The van der Waals surface area contributed by atoms with Crippen LogP contribution in [-0.4, -0.2) is 71.8 Å². The van der Waals surface area contributed by atoms with Crippen LogP contribution in [0.4, 0.5) is 19.0 Å². The molecule has 2 unspecified atom stereocenters. The standard InChI is InChI=1S/C34H37ClF3N9O3S/c1-32(2)16-22(19-46(32)21-48)6-8-25(23-17-39-20-40-18-23)41-26-4-3-5-29(42-26)51-45-31(49)24-7-9-27(43-30(24)35)47-14-10-28(44-47)50-15-13-33(11-12-33)34(36,37)38/h3-5,7,9-10,14,17-18,20-22,25H,6,8,11-13,15-16,19H2,1-2H3,(H,41,42)(H,45,49). The number of halogens is 4. The minimum atomic E-state index is -4.24. The van der Waals surface area contributed by atoms with Crippen LogP contribution in [0, 0.1) is 11.3 Å². The molecule has 51 heavy (non-hydrogen) atoms. The predicted molar refractivity (Wildman–Crippen MR) is 184 cm³/mol. The van der Waals surface area contributed by atoms with Crippen molar-refractivity contribution >= 4 is 41.7 Å². The Balaban J connectivity index is 1.03. The van der Waals surface area contributed by atoms with Gasteiger partial charge in [0, 0.05) is 54.3 Å². The van der Waals surface area contributed by atoms with Gasteiger partial charge in [0.1, 0.15) is 22.3 Å². The first-order valence-electron chi connectivity index (χ1n) is 16.5. The third-order valence-corrected chi connectivity index (χ3v) is 10.5. The number of anilines is 1. The molecule has 2 fully saturated rings. The number of nitrogens with one attached hydrogen (secondary N) is 2. The van der Waals surface area contributed by atoms with Crippen LogP contribution in [0.1, 0.15) is 74.3 Å². The van der Waals surface area contributed by atoms with Gasteiger partial charge in [-0.15, -0.1) is 5.10 Å². The lowest BCUT2D eigenvalue weighted by Gasteiger charge is -2.27. The molecule has 1 saturated heterocycles. The minimum absolute atomic E-state index is 0.0670. The van der Waals surface area contributed by atoms with Crippen molar-refractivity contribution in [3.63, 3.8) is 0 Å². The van der Waals surface area contributed by atoms with Crippen molar-refractivity contribution in [3.8, 4) is 11.7 Å². The number of carbonyl (C=O) groups is 2. The smallest absolute Gasteiger partial charge is 0.394 e. The molecule has 0 aromatic carbocycles. The third-order valence-electron chi connectivity index (χ3n) is 9.45. The first-order chi connectivity index (χ1) is 24.4. The predicted octanol–water partition coefficient (Wildman–Crippen LogP) is 6.84. The first-order valence-corrected chi connectivity index (χ1v) is 17.7. The number of pyridine rings is 2. The molecule has 1 aliphatic carbocycles. The van der Waals surface area contributed by atoms with Gasteiger partial charge in [0.15, 0.2) is 5.82 Å². The molecule has 0 radical (unpaired) electrons. The van der Waals surface area contributed by atoms with E-state index in [1.54, 1.807) is 30.7 Å². The Bertz CT molecular complexity index is 1840. The highest BCUT2D eigenvalue weighted by Gasteiger charge is 2.62. The average Bonchev–Trinajstić information content (AvgIpc) is 3.66. The summed E-state index contributed by atoms with van der Waals surface area (Å²) in [6.45, 7) is 4.78. The van der Waals surface area contributed by atoms with E-state index in [9.17, 15) is 22.8 Å². The molecule has 1 aliphatic heterocycles. The van der Waals surface area contributed by atoms with E-state index in [-0.39, 0.29) is 54.0 Å². The summed E-state index contributed by atoms with van der Waals surface area (Å²) in [5, 5.41) is 8.17. The fraction of sp³-hybridized carbons (Fsp3) is 0.441. The van der Waals surface area contributed by atoms with Crippen molar-refractivity contribution in [2.24, 2.45) is 11.3 Å². The van der Waals surface area contributed by atoms with Gasteiger partial charge in [0.05, 0.1) is 23.6 Å². The van der Waals surface area contributed by atoms with E-state index < -0.39 is 17.5 Å². The zero-order valence-corrected chi connectivity index (χ0v) is 29.5. The van der Waals surface area contributed by atoms with Crippen LogP contribution in [0.2, 0.25) is 5.15 Å². The lowest BCUT2D eigenvalue weighted by Crippen LogP contribution is -2.36. The van der Waals surface area contributed by atoms with Crippen LogP contribution in [0.3, 0.4) is 0 Å². The summed E-state index contributed by atoms with van der Waals surface area (Å²) in [6, 6.07) is 9.86. The largest absolute Gasteiger partial charge is 0.477 e. The molecule has 2 amide bonds. The highest BCUT2D eigenvalue weighted by Crippen LogP contribution is 2.59. The Labute approximate surface area is 302 Å². The molecule has 12 nitrogen and oxygen atoms in total. The van der Waals surface area contributed by atoms with Crippen LogP contribution >= 0.6 is 23.5 Å². The van der Waals surface area contributed by atoms with Crippen molar-refractivity contribution in [1.29, 1.82) is 0 Å². The normalized spacial score (nSPS) is 18.2. The Morgan fingerprint density at radius 1 is 1.16 bits per heavy atom. The number of nitrogens with zero attached hydrogens (tertiary/aromatic N) is 7. The van der Waals surface area contributed by atoms with Gasteiger partial charge in [-0.25, -0.2) is 24.6 Å². The summed E-state index contributed by atoms with van der Waals surface area (Å²) < 4.78 is 49.1. The summed E-state index contributed by atoms with van der Waals surface area (Å²) in [5.74, 6) is 0.925. The molecule has 1 saturated carbocycles. The van der Waals surface area contributed by atoms with E-state index in [4.69, 9.17) is 16.3 Å². The first kappa shape index (κ1) is 36.4. The number of aromatic nitrogens is 6. The van der Waals surface area contributed by atoms with Crippen LogP contribution < -0.4 is 14.8 Å². The van der Waals surface area contributed by atoms with Gasteiger partial charge in [-0.3, -0.25) is 14.3 Å². The minimum Gasteiger partial charge on any atom is -0.477 e. The van der Waals surface area contributed by atoms with Crippen molar-refractivity contribution in [1.82, 2.24) is 39.3 Å². The Hall–Kier alpha value is -4.44. The number of likely N-dealkylation sites (tertiary alicyclic amines) is 1. The topological polar surface area (TPSA) is 140 Å². The van der Waals surface area contributed by atoms with Crippen LogP contribution in [0.25, 0.3) is 5.82 Å². The van der Waals surface area contributed by atoms with Gasteiger partial charge in [-0.2, -0.15) is 13.2 Å². The second-order valence-electron chi connectivity index (χ2n) is 13.5. The fourth-order valence-electron chi connectivity index (χ4n) is 6.30. The van der Waals surface area contributed by atoms with Crippen molar-refractivity contribution in [2.45, 2.75) is 75.2 Å². The van der Waals surface area contributed by atoms with E-state index in [0.29, 0.717) is 22.6 Å². The highest BCUT2D eigenvalue weighted by molar-refractivity contribution is 7.97. The number of amides is 2.